The van der Waals surface area contributed by atoms with Crippen molar-refractivity contribution in [3.63, 3.8) is 0 Å². The fourth-order valence-corrected chi connectivity index (χ4v) is 1.92. The van der Waals surface area contributed by atoms with E-state index >= 15 is 0 Å². The highest BCUT2D eigenvalue weighted by Gasteiger charge is 2.26. The molecule has 2 N–H and O–H groups in total. The Kier molecular flexibility index (Phi) is 3.91. The number of anilines is 1. The second-order valence-corrected chi connectivity index (χ2v) is 5.95. The lowest BCUT2D eigenvalue weighted by Gasteiger charge is -2.16. The first-order chi connectivity index (χ1) is 8.47. The van der Waals surface area contributed by atoms with Gasteiger partial charge >= 0.3 is 0 Å². The van der Waals surface area contributed by atoms with Gasteiger partial charge in [-0.25, -0.2) is 0 Å². The second kappa shape index (κ2) is 5.27. The molecular weight excluding hydrogens is 293 g/mol. The molecule has 2 rings (SSSR count). The molecule has 0 unspecified atom stereocenters. The molecule has 2 nitrogen and oxygen atoms in total. The van der Waals surface area contributed by atoms with Crippen LogP contribution < -0.4 is 10.5 Å². The fourth-order valence-electron chi connectivity index (χ4n) is 1.45. The molecule has 0 bridgehead atoms. The molecule has 18 heavy (non-hydrogen) atoms. The predicted molar refractivity (Wildman–Crippen MR) is 76.6 cm³/mol. The largest absolute Gasteiger partial charge is 0.457 e. The summed E-state index contributed by atoms with van der Waals surface area (Å²) in [5, 5.41) is 0. The predicted octanol–water partition coefficient (Wildman–Crippen LogP) is 4.89. The number of nitrogens with two attached hydrogens (primary N) is 1. The molecule has 0 aliphatic carbocycles. The fraction of sp³-hybridized carbons (Fsp3) is 0.0769. The van der Waals surface area contributed by atoms with Crippen LogP contribution in [-0.4, -0.2) is 0 Å². The Labute approximate surface area is 120 Å². The van der Waals surface area contributed by atoms with Gasteiger partial charge in [0, 0.05) is 11.3 Å². The summed E-state index contributed by atoms with van der Waals surface area (Å²) in [4.78, 5) is 0. The van der Waals surface area contributed by atoms with E-state index in [0.29, 0.717) is 22.7 Å². The van der Waals surface area contributed by atoms with Crippen LogP contribution in [0.3, 0.4) is 0 Å². The van der Waals surface area contributed by atoms with Gasteiger partial charge in [0.25, 0.3) is 0 Å². The van der Waals surface area contributed by atoms with Crippen molar-refractivity contribution in [1.82, 2.24) is 0 Å². The first-order valence-corrected chi connectivity index (χ1v) is 6.30. The first-order valence-electron chi connectivity index (χ1n) is 5.16. The molecule has 0 spiro atoms. The highest BCUT2D eigenvalue weighted by atomic mass is 35.6. The number of rotatable bonds is 2. The molecule has 0 aromatic heterocycles. The van der Waals surface area contributed by atoms with E-state index in [1.807, 2.05) is 6.07 Å². The van der Waals surface area contributed by atoms with Crippen molar-refractivity contribution < 1.29 is 4.74 Å². The van der Waals surface area contributed by atoms with E-state index in [4.69, 9.17) is 45.3 Å². The Bertz CT molecular complexity index is 535. The van der Waals surface area contributed by atoms with Gasteiger partial charge in [-0.3, -0.25) is 0 Å². The highest BCUT2D eigenvalue weighted by Crippen LogP contribution is 2.43. The van der Waals surface area contributed by atoms with Crippen LogP contribution in [-0.2, 0) is 3.79 Å². The average Bonchev–Trinajstić information content (AvgIpc) is 2.31. The minimum atomic E-state index is -1.52. The number of ether oxygens (including phenoxy) is 1. The van der Waals surface area contributed by atoms with Crippen LogP contribution in [0.25, 0.3) is 0 Å². The zero-order valence-corrected chi connectivity index (χ0v) is 11.5. The standard InChI is InChI=1S/C13H10Cl3NO/c14-13(15,16)11-3-1-2-4-12(11)18-10-7-5-9(17)6-8-10/h1-8H,17H2. The molecule has 5 heteroatoms. The van der Waals surface area contributed by atoms with Crippen molar-refractivity contribution in [3.8, 4) is 11.5 Å². The topological polar surface area (TPSA) is 35.2 Å². The Morgan fingerprint density at radius 3 is 2.11 bits per heavy atom. The van der Waals surface area contributed by atoms with Gasteiger partial charge in [0.1, 0.15) is 11.5 Å². The van der Waals surface area contributed by atoms with Crippen LogP contribution in [0, 0.1) is 0 Å². The molecule has 0 aliphatic rings. The third kappa shape index (κ3) is 3.22. The summed E-state index contributed by atoms with van der Waals surface area (Å²) in [7, 11) is 0. The summed E-state index contributed by atoms with van der Waals surface area (Å²) < 4.78 is 4.16. The number of halogens is 3. The molecule has 0 aliphatic heterocycles. The minimum Gasteiger partial charge on any atom is -0.457 e. The molecule has 0 amide bonds. The smallest absolute Gasteiger partial charge is 0.219 e. The molecule has 94 valence electrons. The Morgan fingerprint density at radius 2 is 1.50 bits per heavy atom. The maximum absolute atomic E-state index is 5.89. The number of hydrogen-bond acceptors (Lipinski definition) is 2. The summed E-state index contributed by atoms with van der Waals surface area (Å²) in [6.07, 6.45) is 0. The van der Waals surface area contributed by atoms with Crippen molar-refractivity contribution in [2.45, 2.75) is 3.79 Å². The third-order valence-electron chi connectivity index (χ3n) is 2.30. The summed E-state index contributed by atoms with van der Waals surface area (Å²) in [5.74, 6) is 1.13. The zero-order valence-electron chi connectivity index (χ0n) is 9.24. The Morgan fingerprint density at radius 1 is 0.889 bits per heavy atom. The molecule has 0 saturated heterocycles. The number of nitrogen functional groups attached to an aromatic ring is 1. The highest BCUT2D eigenvalue weighted by molar-refractivity contribution is 6.66. The molecule has 0 heterocycles. The van der Waals surface area contributed by atoms with E-state index in [-0.39, 0.29) is 0 Å². The Balaban J connectivity index is 2.32. The van der Waals surface area contributed by atoms with Gasteiger partial charge in [0.05, 0.1) is 0 Å². The molecule has 0 saturated carbocycles. The van der Waals surface area contributed by atoms with Crippen LogP contribution in [0.5, 0.6) is 11.5 Å². The van der Waals surface area contributed by atoms with Crippen molar-refractivity contribution >= 4 is 40.5 Å². The first kappa shape index (κ1) is 13.3. The van der Waals surface area contributed by atoms with Gasteiger partial charge in [-0.1, -0.05) is 53.0 Å². The molecule has 2 aromatic carbocycles. The lowest BCUT2D eigenvalue weighted by atomic mass is 10.2. The second-order valence-electron chi connectivity index (χ2n) is 3.67. The zero-order chi connectivity index (χ0) is 13.2. The van der Waals surface area contributed by atoms with E-state index in [1.54, 1.807) is 42.5 Å². The van der Waals surface area contributed by atoms with Crippen molar-refractivity contribution in [2.75, 3.05) is 5.73 Å². The van der Waals surface area contributed by atoms with Crippen molar-refractivity contribution in [2.24, 2.45) is 0 Å². The van der Waals surface area contributed by atoms with Crippen LogP contribution >= 0.6 is 34.8 Å². The lowest BCUT2D eigenvalue weighted by molar-refractivity contribution is 0.477. The van der Waals surface area contributed by atoms with Crippen LogP contribution in [0.4, 0.5) is 5.69 Å². The van der Waals surface area contributed by atoms with Crippen LogP contribution in [0.1, 0.15) is 5.56 Å². The summed E-state index contributed by atoms with van der Waals surface area (Å²) in [6, 6.07) is 14.0. The minimum absolute atomic E-state index is 0.492. The van der Waals surface area contributed by atoms with E-state index in [1.165, 1.54) is 0 Å². The molecule has 0 radical (unpaired) electrons. The monoisotopic (exact) mass is 301 g/mol. The van der Waals surface area contributed by atoms with E-state index in [0.717, 1.165) is 0 Å². The molecule has 2 aromatic rings. The lowest BCUT2D eigenvalue weighted by Crippen LogP contribution is -2.02. The van der Waals surface area contributed by atoms with Gasteiger partial charge in [-0.05, 0) is 30.3 Å². The van der Waals surface area contributed by atoms with E-state index in [9.17, 15) is 0 Å². The Hall–Kier alpha value is -1.09. The average molecular weight is 303 g/mol. The third-order valence-corrected chi connectivity index (χ3v) is 2.91. The maximum Gasteiger partial charge on any atom is 0.219 e. The van der Waals surface area contributed by atoms with E-state index < -0.39 is 3.79 Å². The number of para-hydroxylation sites is 1. The van der Waals surface area contributed by atoms with Gasteiger partial charge < -0.3 is 10.5 Å². The molecule has 0 atom stereocenters. The maximum atomic E-state index is 5.89. The van der Waals surface area contributed by atoms with E-state index in [2.05, 4.69) is 0 Å². The normalized spacial score (nSPS) is 11.3. The van der Waals surface area contributed by atoms with Crippen LogP contribution in [0.2, 0.25) is 0 Å². The van der Waals surface area contributed by atoms with Crippen LogP contribution in [0.15, 0.2) is 48.5 Å². The summed E-state index contributed by atoms with van der Waals surface area (Å²) in [6.45, 7) is 0. The van der Waals surface area contributed by atoms with Gasteiger partial charge in [-0.2, -0.15) is 0 Å². The number of benzene rings is 2. The SMILES string of the molecule is Nc1ccc(Oc2ccccc2C(Cl)(Cl)Cl)cc1. The molecule has 0 fully saturated rings. The quantitative estimate of drug-likeness (QED) is 0.633. The molecular formula is C13H10Cl3NO. The number of hydrogen-bond donors (Lipinski definition) is 1. The van der Waals surface area contributed by atoms with Gasteiger partial charge in [0.2, 0.25) is 3.79 Å². The van der Waals surface area contributed by atoms with Gasteiger partial charge in [0.15, 0.2) is 0 Å². The van der Waals surface area contributed by atoms with Crippen molar-refractivity contribution in [3.05, 3.63) is 54.1 Å². The number of alkyl halides is 3. The van der Waals surface area contributed by atoms with Gasteiger partial charge in [-0.15, -0.1) is 0 Å². The summed E-state index contributed by atoms with van der Waals surface area (Å²) >= 11 is 17.7. The summed E-state index contributed by atoms with van der Waals surface area (Å²) in [5.41, 5.74) is 6.76. The van der Waals surface area contributed by atoms with Crippen molar-refractivity contribution in [1.29, 1.82) is 0 Å².